The molecule has 0 aromatic carbocycles. The third kappa shape index (κ3) is 2.06. The van der Waals surface area contributed by atoms with E-state index in [0.29, 0.717) is 5.69 Å². The molecule has 0 bridgehead atoms. The molecule has 2 unspecified atom stereocenters. The summed E-state index contributed by atoms with van der Waals surface area (Å²) in [5, 5.41) is -0.469. The van der Waals surface area contributed by atoms with E-state index in [2.05, 4.69) is 9.97 Å². The highest BCUT2D eigenvalue weighted by Gasteiger charge is 2.11. The van der Waals surface area contributed by atoms with Crippen molar-refractivity contribution in [2.75, 3.05) is 0 Å². The highest BCUT2D eigenvalue weighted by Crippen LogP contribution is 2.12. The molecule has 4 nitrogen and oxygen atoms in total. The smallest absolute Gasteiger partial charge is 0.161 e. The average Bonchev–Trinajstić information content (AvgIpc) is 2.05. The van der Waals surface area contributed by atoms with E-state index in [-0.39, 0.29) is 0 Å². The zero-order valence-corrected chi connectivity index (χ0v) is 6.78. The van der Waals surface area contributed by atoms with Crippen LogP contribution in [0, 0.1) is 0 Å². The van der Waals surface area contributed by atoms with Gasteiger partial charge in [0, 0.05) is 18.6 Å². The van der Waals surface area contributed by atoms with Crippen molar-refractivity contribution in [1.82, 2.24) is 9.97 Å². The molecule has 0 radical (unpaired) electrons. The van der Waals surface area contributed by atoms with E-state index in [4.69, 9.17) is 4.55 Å². The second-order valence-corrected chi connectivity index (χ2v) is 3.31. The van der Waals surface area contributed by atoms with Gasteiger partial charge < -0.3 is 4.55 Å². The fourth-order valence-electron chi connectivity index (χ4n) is 0.624. The molecule has 1 N–H and O–H groups in total. The van der Waals surface area contributed by atoms with Crippen LogP contribution in [-0.4, -0.2) is 18.7 Å². The lowest BCUT2D eigenvalue weighted by atomic mass is 10.3. The molecule has 1 aromatic rings. The molecular weight excluding hydrogens is 164 g/mol. The first kappa shape index (κ1) is 8.29. The van der Waals surface area contributed by atoms with Gasteiger partial charge in [-0.25, -0.2) is 4.21 Å². The molecule has 2 atom stereocenters. The Morgan fingerprint density at radius 3 is 2.82 bits per heavy atom. The van der Waals surface area contributed by atoms with Gasteiger partial charge in [0.15, 0.2) is 11.1 Å². The summed E-state index contributed by atoms with van der Waals surface area (Å²) in [6.07, 6.45) is 4.51. The van der Waals surface area contributed by atoms with Crippen LogP contribution in [0.1, 0.15) is 17.9 Å². The van der Waals surface area contributed by atoms with Crippen LogP contribution in [0.5, 0.6) is 0 Å². The maximum atomic E-state index is 10.5. The van der Waals surface area contributed by atoms with Gasteiger partial charge in [-0.1, -0.05) is 0 Å². The highest BCUT2D eigenvalue weighted by molar-refractivity contribution is 7.79. The molecule has 60 valence electrons. The summed E-state index contributed by atoms with van der Waals surface area (Å²) in [5.41, 5.74) is 0.535. The van der Waals surface area contributed by atoms with Gasteiger partial charge >= 0.3 is 0 Å². The Bertz CT molecular complexity index is 252. The molecule has 0 aliphatic carbocycles. The number of aromatic nitrogens is 2. The first-order valence-electron chi connectivity index (χ1n) is 3.07. The molecule has 11 heavy (non-hydrogen) atoms. The Morgan fingerprint density at radius 1 is 1.64 bits per heavy atom. The maximum absolute atomic E-state index is 10.5. The Labute approximate surface area is 67.0 Å². The molecule has 0 amide bonds. The number of nitrogens with zero attached hydrogens (tertiary/aromatic N) is 2. The fraction of sp³-hybridized carbons (Fsp3) is 0.333. The van der Waals surface area contributed by atoms with Gasteiger partial charge in [0.25, 0.3) is 0 Å². The predicted octanol–water partition coefficient (Wildman–Crippen LogP) is 0.759. The standard InChI is InChI=1S/C6H8N2O2S/c1-5(11(9)10)6-4-7-2-3-8-6/h2-5H,1H3,(H,9,10). The van der Waals surface area contributed by atoms with Crippen LogP contribution in [0.4, 0.5) is 0 Å². The van der Waals surface area contributed by atoms with Gasteiger partial charge in [-0.3, -0.25) is 9.97 Å². The van der Waals surface area contributed by atoms with Crippen molar-refractivity contribution in [2.24, 2.45) is 0 Å². The van der Waals surface area contributed by atoms with E-state index in [1.54, 1.807) is 6.92 Å². The highest BCUT2D eigenvalue weighted by atomic mass is 32.2. The summed E-state index contributed by atoms with van der Waals surface area (Å²) in [7, 11) is 0. The third-order valence-electron chi connectivity index (χ3n) is 1.30. The van der Waals surface area contributed by atoms with Gasteiger partial charge in [-0.15, -0.1) is 0 Å². The van der Waals surface area contributed by atoms with Crippen LogP contribution in [0.3, 0.4) is 0 Å². The quantitative estimate of drug-likeness (QED) is 0.669. The molecular formula is C6H8N2O2S. The Balaban J connectivity index is 2.85. The third-order valence-corrected chi connectivity index (χ3v) is 2.15. The SMILES string of the molecule is CC(c1cnccn1)S(=O)O. The minimum atomic E-state index is -1.86. The van der Waals surface area contributed by atoms with Crippen molar-refractivity contribution >= 4 is 11.1 Å². The van der Waals surface area contributed by atoms with Crippen LogP contribution in [0.15, 0.2) is 18.6 Å². The monoisotopic (exact) mass is 172 g/mol. The van der Waals surface area contributed by atoms with E-state index in [1.807, 2.05) is 0 Å². The number of rotatable bonds is 2. The molecule has 1 aromatic heterocycles. The average molecular weight is 172 g/mol. The first-order valence-corrected chi connectivity index (χ1v) is 4.24. The lowest BCUT2D eigenvalue weighted by Crippen LogP contribution is -2.03. The van der Waals surface area contributed by atoms with Crippen molar-refractivity contribution in [3.63, 3.8) is 0 Å². The van der Waals surface area contributed by atoms with Crippen molar-refractivity contribution in [3.8, 4) is 0 Å². The van der Waals surface area contributed by atoms with E-state index < -0.39 is 16.3 Å². The van der Waals surface area contributed by atoms with Gasteiger partial charge in [0.2, 0.25) is 0 Å². The molecule has 0 aliphatic rings. The van der Waals surface area contributed by atoms with Crippen LogP contribution < -0.4 is 0 Å². The second-order valence-electron chi connectivity index (χ2n) is 2.05. The van der Waals surface area contributed by atoms with Gasteiger partial charge in [0.1, 0.15) is 5.25 Å². The topological polar surface area (TPSA) is 63.1 Å². The lowest BCUT2D eigenvalue weighted by Gasteiger charge is -2.03. The molecule has 0 spiro atoms. The van der Waals surface area contributed by atoms with E-state index in [0.717, 1.165) is 0 Å². The van der Waals surface area contributed by atoms with Gasteiger partial charge in [-0.05, 0) is 6.92 Å². The fourth-order valence-corrected chi connectivity index (χ4v) is 0.952. The molecule has 0 saturated heterocycles. The van der Waals surface area contributed by atoms with Crippen LogP contribution in [-0.2, 0) is 11.1 Å². The zero-order valence-electron chi connectivity index (χ0n) is 5.97. The van der Waals surface area contributed by atoms with Crippen LogP contribution in [0.2, 0.25) is 0 Å². The van der Waals surface area contributed by atoms with Crippen LogP contribution in [0.25, 0.3) is 0 Å². The molecule has 0 saturated carbocycles. The zero-order chi connectivity index (χ0) is 8.27. The summed E-state index contributed by atoms with van der Waals surface area (Å²) in [5.74, 6) is 0. The Hall–Kier alpha value is -0.810. The van der Waals surface area contributed by atoms with Gasteiger partial charge in [-0.2, -0.15) is 0 Å². The van der Waals surface area contributed by atoms with Crippen molar-refractivity contribution in [1.29, 1.82) is 0 Å². The number of hydrogen-bond acceptors (Lipinski definition) is 3. The van der Waals surface area contributed by atoms with Crippen LogP contribution >= 0.6 is 0 Å². The van der Waals surface area contributed by atoms with E-state index >= 15 is 0 Å². The summed E-state index contributed by atoms with van der Waals surface area (Å²) in [6.45, 7) is 1.63. The summed E-state index contributed by atoms with van der Waals surface area (Å²) < 4.78 is 19.2. The van der Waals surface area contributed by atoms with Crippen molar-refractivity contribution in [3.05, 3.63) is 24.3 Å². The molecule has 0 aliphatic heterocycles. The molecule has 5 heteroatoms. The van der Waals surface area contributed by atoms with Gasteiger partial charge in [0.05, 0.1) is 5.69 Å². The van der Waals surface area contributed by atoms with E-state index in [9.17, 15) is 4.21 Å². The lowest BCUT2D eigenvalue weighted by molar-refractivity contribution is 0.552. The molecule has 0 fully saturated rings. The van der Waals surface area contributed by atoms with Crippen molar-refractivity contribution in [2.45, 2.75) is 12.2 Å². The largest absolute Gasteiger partial charge is 0.306 e. The normalized spacial score (nSPS) is 15.8. The molecule has 1 heterocycles. The minimum absolute atomic E-state index is 0.469. The van der Waals surface area contributed by atoms with Crippen molar-refractivity contribution < 1.29 is 8.76 Å². The summed E-state index contributed by atoms with van der Waals surface area (Å²) >= 11 is -1.86. The van der Waals surface area contributed by atoms with E-state index in [1.165, 1.54) is 18.6 Å². The maximum Gasteiger partial charge on any atom is 0.161 e. The second kappa shape index (κ2) is 3.54. The Kier molecular flexibility index (Phi) is 2.67. The minimum Gasteiger partial charge on any atom is -0.306 e. The summed E-state index contributed by atoms with van der Waals surface area (Å²) in [4.78, 5) is 7.66. The predicted molar refractivity (Wildman–Crippen MR) is 41.2 cm³/mol. The summed E-state index contributed by atoms with van der Waals surface area (Å²) in [6, 6.07) is 0. The Morgan fingerprint density at radius 2 is 2.36 bits per heavy atom. The first-order chi connectivity index (χ1) is 5.22. The molecule has 1 rings (SSSR count). The number of hydrogen-bond donors (Lipinski definition) is 1.